The first kappa shape index (κ1) is 20.1. The second kappa shape index (κ2) is 8.43. The number of benzene rings is 3. The Morgan fingerprint density at radius 2 is 1.58 bits per heavy atom. The summed E-state index contributed by atoms with van der Waals surface area (Å²) in [6.45, 7) is 0. The molecular formula is C27H19ClN4S. The van der Waals surface area contributed by atoms with Crippen LogP contribution in [-0.2, 0) is 0 Å². The van der Waals surface area contributed by atoms with Crippen molar-refractivity contribution in [1.82, 2.24) is 9.97 Å². The van der Waals surface area contributed by atoms with Gasteiger partial charge in [0, 0.05) is 27.3 Å². The van der Waals surface area contributed by atoms with E-state index in [0.29, 0.717) is 11.0 Å². The summed E-state index contributed by atoms with van der Waals surface area (Å²) in [4.78, 5) is 11.2. The van der Waals surface area contributed by atoms with E-state index in [-0.39, 0.29) is 6.04 Å². The van der Waals surface area contributed by atoms with E-state index in [1.165, 1.54) is 4.88 Å². The molecule has 1 atom stereocenters. The number of hydrogen-bond donors (Lipinski definition) is 0. The summed E-state index contributed by atoms with van der Waals surface area (Å²) >= 11 is 7.88. The molecule has 1 aliphatic heterocycles. The summed E-state index contributed by atoms with van der Waals surface area (Å²) in [6, 6.07) is 30.5. The molecule has 160 valence electrons. The van der Waals surface area contributed by atoms with Crippen molar-refractivity contribution < 1.29 is 0 Å². The third kappa shape index (κ3) is 3.80. The summed E-state index contributed by atoms with van der Waals surface area (Å²) in [6.07, 6.45) is 0.803. The maximum atomic E-state index is 6.15. The van der Waals surface area contributed by atoms with Crippen LogP contribution in [0.4, 0.5) is 5.95 Å². The van der Waals surface area contributed by atoms with Crippen molar-refractivity contribution in [1.29, 1.82) is 0 Å². The van der Waals surface area contributed by atoms with E-state index in [0.717, 1.165) is 39.9 Å². The molecule has 0 amide bonds. The van der Waals surface area contributed by atoms with E-state index in [1.54, 1.807) is 11.3 Å². The van der Waals surface area contributed by atoms with Gasteiger partial charge in [-0.25, -0.2) is 15.0 Å². The van der Waals surface area contributed by atoms with E-state index in [1.807, 2.05) is 65.7 Å². The van der Waals surface area contributed by atoms with Gasteiger partial charge < -0.3 is 0 Å². The molecule has 0 aliphatic carbocycles. The fourth-order valence-corrected chi connectivity index (χ4v) is 5.13. The molecule has 2 aromatic heterocycles. The maximum absolute atomic E-state index is 6.15. The number of thiophene rings is 1. The molecule has 0 N–H and O–H groups in total. The van der Waals surface area contributed by atoms with Crippen LogP contribution in [-0.4, -0.2) is 15.7 Å². The third-order valence-corrected chi connectivity index (χ3v) is 7.03. The second-order valence-electron chi connectivity index (χ2n) is 7.89. The van der Waals surface area contributed by atoms with Gasteiger partial charge in [0.2, 0.25) is 5.95 Å². The molecule has 0 bridgehead atoms. The van der Waals surface area contributed by atoms with Gasteiger partial charge in [-0.05, 0) is 35.2 Å². The Labute approximate surface area is 200 Å². The Morgan fingerprint density at radius 1 is 0.788 bits per heavy atom. The highest BCUT2D eigenvalue weighted by atomic mass is 35.5. The van der Waals surface area contributed by atoms with Gasteiger partial charge in [-0.3, -0.25) is 0 Å². The molecule has 6 rings (SSSR count). The number of halogens is 1. The minimum atomic E-state index is 0.0550. The minimum absolute atomic E-state index is 0.0550. The monoisotopic (exact) mass is 466 g/mol. The van der Waals surface area contributed by atoms with Crippen LogP contribution in [0.5, 0.6) is 0 Å². The fourth-order valence-electron chi connectivity index (χ4n) is 4.20. The van der Waals surface area contributed by atoms with Gasteiger partial charge in [-0.15, -0.1) is 11.3 Å². The molecule has 4 nitrogen and oxygen atoms in total. The summed E-state index contributed by atoms with van der Waals surface area (Å²) in [5, 5.41) is 10.8. The molecule has 0 saturated heterocycles. The zero-order valence-corrected chi connectivity index (χ0v) is 19.2. The third-order valence-electron chi connectivity index (χ3n) is 5.80. The maximum Gasteiger partial charge on any atom is 0.247 e. The number of hydrogen-bond acceptors (Lipinski definition) is 5. The molecule has 0 saturated carbocycles. The number of aromatic nitrogens is 2. The molecule has 0 radical (unpaired) electrons. The largest absolute Gasteiger partial charge is 0.247 e. The molecule has 6 heteroatoms. The predicted octanol–water partition coefficient (Wildman–Crippen LogP) is 7.37. The number of para-hydroxylation sites is 1. The highest BCUT2D eigenvalue weighted by Gasteiger charge is 2.32. The molecule has 0 fully saturated rings. The minimum Gasteiger partial charge on any atom is -0.223 e. The Bertz CT molecular complexity index is 1450. The van der Waals surface area contributed by atoms with Crippen molar-refractivity contribution >= 4 is 45.5 Å². The topological polar surface area (TPSA) is 41.4 Å². The summed E-state index contributed by atoms with van der Waals surface area (Å²) < 4.78 is 0. The lowest BCUT2D eigenvalue weighted by molar-refractivity contribution is 0.700. The summed E-state index contributed by atoms with van der Waals surface area (Å²) in [7, 11) is 0. The van der Waals surface area contributed by atoms with Crippen LogP contribution >= 0.6 is 22.9 Å². The van der Waals surface area contributed by atoms with Crippen LogP contribution < -0.4 is 5.01 Å². The average Bonchev–Trinajstić information content (AvgIpc) is 3.55. The molecule has 33 heavy (non-hydrogen) atoms. The van der Waals surface area contributed by atoms with E-state index >= 15 is 0 Å². The van der Waals surface area contributed by atoms with Gasteiger partial charge in [0.25, 0.3) is 0 Å². The van der Waals surface area contributed by atoms with Crippen LogP contribution in [0.3, 0.4) is 0 Å². The van der Waals surface area contributed by atoms with E-state index in [2.05, 4.69) is 35.7 Å². The highest BCUT2D eigenvalue weighted by Crippen LogP contribution is 2.39. The Hall–Kier alpha value is -3.54. The zero-order chi connectivity index (χ0) is 22.2. The second-order valence-corrected chi connectivity index (χ2v) is 9.30. The quantitative estimate of drug-likeness (QED) is 0.277. The van der Waals surface area contributed by atoms with Gasteiger partial charge in [-0.1, -0.05) is 78.3 Å². The molecule has 1 aliphatic rings. The first-order valence-corrected chi connectivity index (χ1v) is 12.0. The van der Waals surface area contributed by atoms with Gasteiger partial charge >= 0.3 is 0 Å². The number of fused-ring (bicyclic) bond motifs is 1. The van der Waals surface area contributed by atoms with Crippen molar-refractivity contribution in [3.63, 3.8) is 0 Å². The van der Waals surface area contributed by atoms with Crippen molar-refractivity contribution in [3.8, 4) is 11.3 Å². The summed E-state index contributed by atoms with van der Waals surface area (Å²) in [5.74, 6) is 0.600. The zero-order valence-electron chi connectivity index (χ0n) is 17.6. The molecular weight excluding hydrogens is 448 g/mol. The fraction of sp³-hybridized carbons (Fsp3) is 0.0741. The van der Waals surface area contributed by atoms with Crippen LogP contribution in [0.25, 0.3) is 22.2 Å². The van der Waals surface area contributed by atoms with Gasteiger partial charge in [-0.2, -0.15) is 5.10 Å². The van der Waals surface area contributed by atoms with Gasteiger partial charge in [0.1, 0.15) is 0 Å². The first-order chi connectivity index (χ1) is 16.3. The van der Waals surface area contributed by atoms with Gasteiger partial charge in [0.05, 0.1) is 23.0 Å². The standard InChI is InChI=1S/C27H19ClN4S/c28-20-14-12-19(13-15-20)26-21-9-4-5-10-22(21)29-27(30-26)32-24(25-11-6-16-33-25)17-23(31-32)18-7-2-1-3-8-18/h1-16,24H,17H2/t24-/m1/s1. The van der Waals surface area contributed by atoms with Crippen LogP contribution in [0.2, 0.25) is 5.02 Å². The predicted molar refractivity (Wildman–Crippen MR) is 137 cm³/mol. The number of nitrogens with zero attached hydrogens (tertiary/aromatic N) is 4. The lowest BCUT2D eigenvalue weighted by Gasteiger charge is -2.21. The highest BCUT2D eigenvalue weighted by molar-refractivity contribution is 7.10. The Morgan fingerprint density at radius 3 is 2.36 bits per heavy atom. The molecule has 5 aromatic rings. The number of anilines is 1. The van der Waals surface area contributed by atoms with Crippen LogP contribution in [0, 0.1) is 0 Å². The lowest BCUT2D eigenvalue weighted by Crippen LogP contribution is -2.20. The smallest absolute Gasteiger partial charge is 0.223 e. The van der Waals surface area contributed by atoms with Crippen molar-refractivity contribution in [2.75, 3.05) is 5.01 Å². The molecule has 0 unspecified atom stereocenters. The van der Waals surface area contributed by atoms with Crippen molar-refractivity contribution in [2.45, 2.75) is 12.5 Å². The van der Waals surface area contributed by atoms with Crippen molar-refractivity contribution in [2.24, 2.45) is 5.10 Å². The first-order valence-electron chi connectivity index (χ1n) is 10.7. The number of hydrazone groups is 1. The van der Waals surface area contributed by atoms with Crippen LogP contribution in [0.15, 0.2) is 101 Å². The molecule has 3 heterocycles. The Kier molecular flexibility index (Phi) is 5.13. The normalized spacial score (nSPS) is 15.7. The van der Waals surface area contributed by atoms with E-state index in [9.17, 15) is 0 Å². The SMILES string of the molecule is Clc1ccc(-c2nc(N3N=C(c4ccccc4)C[C@@H]3c3cccs3)nc3ccccc23)cc1. The number of rotatable bonds is 4. The van der Waals surface area contributed by atoms with E-state index in [4.69, 9.17) is 26.7 Å². The van der Waals surface area contributed by atoms with E-state index < -0.39 is 0 Å². The molecule has 0 spiro atoms. The average molecular weight is 467 g/mol. The molecule has 3 aromatic carbocycles. The summed E-state index contributed by atoms with van der Waals surface area (Å²) in [5.41, 5.74) is 4.93. The Balaban J connectivity index is 1.53. The van der Waals surface area contributed by atoms with Crippen LogP contribution in [0.1, 0.15) is 22.9 Å². The van der Waals surface area contributed by atoms with Gasteiger partial charge in [0.15, 0.2) is 0 Å². The van der Waals surface area contributed by atoms with Crippen molar-refractivity contribution in [3.05, 3.63) is 112 Å². The lowest BCUT2D eigenvalue weighted by atomic mass is 10.0.